The minimum atomic E-state index is -0.00942. The summed E-state index contributed by atoms with van der Waals surface area (Å²) in [6.07, 6.45) is 1.02. The molecule has 6 nitrogen and oxygen atoms in total. The maximum absolute atomic E-state index is 12.0. The third-order valence-electron chi connectivity index (χ3n) is 4.58. The van der Waals surface area contributed by atoms with Gasteiger partial charge < -0.3 is 10.4 Å². The second-order valence-electron chi connectivity index (χ2n) is 6.61. The van der Waals surface area contributed by atoms with Crippen molar-refractivity contribution in [2.75, 3.05) is 13.2 Å². The SMILES string of the molecule is Cc1nc2c3ccccc3nn2c(C)c1CCC(=O)NCC(C)CO. The van der Waals surface area contributed by atoms with Gasteiger partial charge in [0.1, 0.15) is 0 Å². The summed E-state index contributed by atoms with van der Waals surface area (Å²) in [6, 6.07) is 7.96. The minimum absolute atomic E-state index is 0.00942. The lowest BCUT2D eigenvalue weighted by Gasteiger charge is -2.12. The lowest BCUT2D eigenvalue weighted by atomic mass is 10.1. The van der Waals surface area contributed by atoms with Crippen LogP contribution < -0.4 is 5.32 Å². The van der Waals surface area contributed by atoms with E-state index in [9.17, 15) is 4.79 Å². The number of amides is 1. The molecule has 1 atom stereocenters. The van der Waals surface area contributed by atoms with E-state index in [2.05, 4.69) is 10.4 Å². The summed E-state index contributed by atoms with van der Waals surface area (Å²) in [4.78, 5) is 16.8. The van der Waals surface area contributed by atoms with Crippen molar-refractivity contribution in [3.63, 3.8) is 0 Å². The normalized spacial score (nSPS) is 12.6. The van der Waals surface area contributed by atoms with Crippen LogP contribution in [0.2, 0.25) is 0 Å². The Morgan fingerprint density at radius 3 is 2.84 bits per heavy atom. The van der Waals surface area contributed by atoms with Crippen LogP contribution in [-0.2, 0) is 11.2 Å². The molecule has 0 aliphatic rings. The monoisotopic (exact) mass is 340 g/mol. The van der Waals surface area contributed by atoms with Gasteiger partial charge in [0.25, 0.3) is 0 Å². The number of nitrogens with one attached hydrogen (secondary N) is 1. The van der Waals surface area contributed by atoms with Crippen molar-refractivity contribution in [1.29, 1.82) is 0 Å². The zero-order valence-corrected chi connectivity index (χ0v) is 14.9. The Kier molecular flexibility index (Phi) is 4.99. The van der Waals surface area contributed by atoms with Gasteiger partial charge >= 0.3 is 0 Å². The topological polar surface area (TPSA) is 79.5 Å². The van der Waals surface area contributed by atoms with Gasteiger partial charge in [-0.25, -0.2) is 9.50 Å². The Labute approximate surface area is 146 Å². The molecule has 3 rings (SSSR count). The van der Waals surface area contributed by atoms with Crippen LogP contribution in [0.5, 0.6) is 0 Å². The Morgan fingerprint density at radius 2 is 2.08 bits per heavy atom. The predicted molar refractivity (Wildman–Crippen MR) is 97.5 cm³/mol. The second kappa shape index (κ2) is 7.19. The zero-order valence-electron chi connectivity index (χ0n) is 14.9. The number of aryl methyl sites for hydroxylation is 2. The average molecular weight is 340 g/mol. The van der Waals surface area contributed by atoms with Crippen molar-refractivity contribution >= 4 is 22.5 Å². The fourth-order valence-electron chi connectivity index (χ4n) is 3.02. The third kappa shape index (κ3) is 3.49. The summed E-state index contributed by atoms with van der Waals surface area (Å²) in [5.74, 6) is 0.0618. The number of carbonyl (C=O) groups excluding carboxylic acids is 1. The summed E-state index contributed by atoms with van der Waals surface area (Å²) in [5, 5.41) is 17.6. The standard InChI is InChI=1S/C19H24N4O2/c1-12(11-24)10-20-18(25)9-8-15-13(2)21-19-16-6-4-5-7-17(16)22-23(19)14(15)3/h4-7,12,24H,8-11H2,1-3H3,(H,20,25). The molecule has 1 aromatic carbocycles. The number of rotatable bonds is 6. The quantitative estimate of drug-likeness (QED) is 0.721. The van der Waals surface area contributed by atoms with Gasteiger partial charge in [0.15, 0.2) is 5.65 Å². The maximum Gasteiger partial charge on any atom is 0.220 e. The van der Waals surface area contributed by atoms with Crippen LogP contribution in [0.1, 0.15) is 30.3 Å². The summed E-state index contributed by atoms with van der Waals surface area (Å²) in [7, 11) is 0. The highest BCUT2D eigenvalue weighted by molar-refractivity contribution is 5.92. The molecule has 0 spiro atoms. The highest BCUT2D eigenvalue weighted by Gasteiger charge is 2.15. The van der Waals surface area contributed by atoms with Crippen LogP contribution in [0.25, 0.3) is 16.6 Å². The number of fused-ring (bicyclic) bond motifs is 3. The van der Waals surface area contributed by atoms with E-state index >= 15 is 0 Å². The van der Waals surface area contributed by atoms with Gasteiger partial charge in [-0.15, -0.1) is 0 Å². The number of benzene rings is 1. The molecule has 0 aliphatic carbocycles. The predicted octanol–water partition coefficient (Wildman–Crippen LogP) is 2.18. The van der Waals surface area contributed by atoms with Crippen LogP contribution in [0.4, 0.5) is 0 Å². The molecule has 2 heterocycles. The summed E-state index contributed by atoms with van der Waals surface area (Å²) < 4.78 is 1.87. The third-order valence-corrected chi connectivity index (χ3v) is 4.58. The molecule has 0 fully saturated rings. The highest BCUT2D eigenvalue weighted by atomic mass is 16.3. The molecule has 0 bridgehead atoms. The molecule has 3 aromatic rings. The molecule has 0 saturated heterocycles. The smallest absolute Gasteiger partial charge is 0.220 e. The molecule has 1 unspecified atom stereocenters. The fraction of sp³-hybridized carbons (Fsp3) is 0.421. The molecule has 25 heavy (non-hydrogen) atoms. The first-order valence-electron chi connectivity index (χ1n) is 8.62. The van der Waals surface area contributed by atoms with E-state index < -0.39 is 0 Å². The number of aliphatic hydroxyl groups is 1. The first kappa shape index (κ1) is 17.4. The second-order valence-corrected chi connectivity index (χ2v) is 6.61. The number of aromatic nitrogens is 3. The molecule has 0 radical (unpaired) electrons. The number of hydrogen-bond donors (Lipinski definition) is 2. The van der Waals surface area contributed by atoms with E-state index in [1.165, 1.54) is 0 Å². The maximum atomic E-state index is 12.0. The zero-order chi connectivity index (χ0) is 18.0. The molecule has 0 aliphatic heterocycles. The molecular formula is C19H24N4O2. The summed E-state index contributed by atoms with van der Waals surface area (Å²) >= 11 is 0. The van der Waals surface area contributed by atoms with E-state index in [1.54, 1.807) is 0 Å². The van der Waals surface area contributed by atoms with Crippen molar-refractivity contribution in [1.82, 2.24) is 19.9 Å². The average Bonchev–Trinajstić information content (AvgIpc) is 2.98. The van der Waals surface area contributed by atoms with Crippen LogP contribution in [0, 0.1) is 19.8 Å². The summed E-state index contributed by atoms with van der Waals surface area (Å²) in [5.41, 5.74) is 4.80. The van der Waals surface area contributed by atoms with Crippen molar-refractivity contribution < 1.29 is 9.90 Å². The molecule has 2 aromatic heterocycles. The van der Waals surface area contributed by atoms with E-state index in [0.29, 0.717) is 19.4 Å². The van der Waals surface area contributed by atoms with E-state index in [0.717, 1.165) is 33.5 Å². The van der Waals surface area contributed by atoms with E-state index in [-0.39, 0.29) is 18.4 Å². The summed E-state index contributed by atoms with van der Waals surface area (Å²) in [6.45, 7) is 6.47. The van der Waals surface area contributed by atoms with Crippen LogP contribution >= 0.6 is 0 Å². The van der Waals surface area contributed by atoms with E-state index in [4.69, 9.17) is 10.1 Å². The van der Waals surface area contributed by atoms with E-state index in [1.807, 2.05) is 49.6 Å². The Morgan fingerprint density at radius 1 is 1.32 bits per heavy atom. The van der Waals surface area contributed by atoms with Crippen LogP contribution in [-0.4, -0.2) is 38.8 Å². The molecule has 0 saturated carbocycles. The molecule has 1 amide bonds. The molecular weight excluding hydrogens is 316 g/mol. The Bertz CT molecular complexity index is 917. The van der Waals surface area contributed by atoms with Crippen molar-refractivity contribution in [3.8, 4) is 0 Å². The lowest BCUT2D eigenvalue weighted by molar-refractivity contribution is -0.121. The minimum Gasteiger partial charge on any atom is -0.396 e. The molecule has 132 valence electrons. The fourth-order valence-corrected chi connectivity index (χ4v) is 3.02. The van der Waals surface area contributed by atoms with Crippen molar-refractivity contribution in [2.24, 2.45) is 5.92 Å². The highest BCUT2D eigenvalue weighted by Crippen LogP contribution is 2.22. The van der Waals surface area contributed by atoms with Gasteiger partial charge in [-0.3, -0.25) is 4.79 Å². The Balaban J connectivity index is 1.82. The number of aliphatic hydroxyl groups excluding tert-OH is 1. The Hall–Kier alpha value is -2.47. The number of nitrogens with zero attached hydrogens (tertiary/aromatic N) is 3. The van der Waals surface area contributed by atoms with Gasteiger partial charge in [-0.2, -0.15) is 5.10 Å². The largest absolute Gasteiger partial charge is 0.396 e. The van der Waals surface area contributed by atoms with Gasteiger partial charge in [-0.05, 0) is 43.9 Å². The first-order valence-corrected chi connectivity index (χ1v) is 8.62. The first-order chi connectivity index (χ1) is 12.0. The lowest BCUT2D eigenvalue weighted by Crippen LogP contribution is -2.29. The van der Waals surface area contributed by atoms with Crippen LogP contribution in [0.3, 0.4) is 0 Å². The molecule has 6 heteroatoms. The van der Waals surface area contributed by atoms with Crippen LogP contribution in [0.15, 0.2) is 24.3 Å². The number of hydrogen-bond acceptors (Lipinski definition) is 4. The number of carbonyl (C=O) groups is 1. The van der Waals surface area contributed by atoms with Gasteiger partial charge in [-0.1, -0.05) is 19.1 Å². The van der Waals surface area contributed by atoms with Gasteiger partial charge in [0.05, 0.1) is 5.52 Å². The van der Waals surface area contributed by atoms with Crippen molar-refractivity contribution in [3.05, 3.63) is 41.2 Å². The van der Waals surface area contributed by atoms with Gasteiger partial charge in [0, 0.05) is 36.3 Å². The van der Waals surface area contributed by atoms with Gasteiger partial charge in [0.2, 0.25) is 5.91 Å². The van der Waals surface area contributed by atoms with Crippen molar-refractivity contribution in [2.45, 2.75) is 33.6 Å². The molecule has 2 N–H and O–H groups in total.